The summed E-state index contributed by atoms with van der Waals surface area (Å²) in [5, 5.41) is 3.48. The zero-order chi connectivity index (χ0) is 18.8. The largest absolute Gasteiger partial charge is 0.497 e. The van der Waals surface area contributed by atoms with E-state index in [0.29, 0.717) is 0 Å². The molecular weight excluding hydrogens is 356 g/mol. The SMILES string of the molecule is COc1cccc(C(C)Nc2cc(-c3ccc4ncsc4c3)nc(C)n2)c1. The highest BCUT2D eigenvalue weighted by Crippen LogP contribution is 2.28. The van der Waals surface area contributed by atoms with Gasteiger partial charge in [-0.15, -0.1) is 11.3 Å². The van der Waals surface area contributed by atoms with Crippen molar-refractivity contribution in [1.82, 2.24) is 15.0 Å². The summed E-state index contributed by atoms with van der Waals surface area (Å²) < 4.78 is 6.48. The fourth-order valence-electron chi connectivity index (χ4n) is 3.02. The lowest BCUT2D eigenvalue weighted by atomic mass is 10.1. The summed E-state index contributed by atoms with van der Waals surface area (Å²) >= 11 is 1.63. The van der Waals surface area contributed by atoms with E-state index >= 15 is 0 Å². The lowest BCUT2D eigenvalue weighted by Gasteiger charge is -2.16. The minimum absolute atomic E-state index is 0.0891. The molecule has 4 rings (SSSR count). The molecule has 0 spiro atoms. The van der Waals surface area contributed by atoms with Crippen molar-refractivity contribution in [2.45, 2.75) is 19.9 Å². The van der Waals surface area contributed by atoms with Crippen LogP contribution in [-0.4, -0.2) is 22.1 Å². The molecule has 6 heteroatoms. The summed E-state index contributed by atoms with van der Waals surface area (Å²) in [6.07, 6.45) is 0. The van der Waals surface area contributed by atoms with Crippen LogP contribution in [0.4, 0.5) is 5.82 Å². The molecule has 2 aromatic heterocycles. The number of hydrogen-bond acceptors (Lipinski definition) is 6. The van der Waals surface area contributed by atoms with E-state index in [2.05, 4.69) is 45.4 Å². The highest BCUT2D eigenvalue weighted by Gasteiger charge is 2.11. The Kier molecular flexibility index (Phi) is 4.73. The highest BCUT2D eigenvalue weighted by molar-refractivity contribution is 7.16. The maximum absolute atomic E-state index is 5.32. The van der Waals surface area contributed by atoms with E-state index < -0.39 is 0 Å². The zero-order valence-electron chi connectivity index (χ0n) is 15.4. The van der Waals surface area contributed by atoms with Gasteiger partial charge in [0.15, 0.2) is 0 Å². The van der Waals surface area contributed by atoms with E-state index in [1.165, 1.54) is 0 Å². The van der Waals surface area contributed by atoms with Gasteiger partial charge in [-0.1, -0.05) is 18.2 Å². The summed E-state index contributed by atoms with van der Waals surface area (Å²) in [7, 11) is 1.68. The second-order valence-corrected chi connectivity index (χ2v) is 7.25. The molecule has 0 aliphatic carbocycles. The maximum atomic E-state index is 5.32. The lowest BCUT2D eigenvalue weighted by molar-refractivity contribution is 0.414. The molecule has 1 unspecified atom stereocenters. The van der Waals surface area contributed by atoms with E-state index in [1.807, 2.05) is 42.8 Å². The van der Waals surface area contributed by atoms with Crippen molar-refractivity contribution in [3.05, 3.63) is 65.4 Å². The number of benzene rings is 2. The lowest BCUT2D eigenvalue weighted by Crippen LogP contribution is -2.09. The summed E-state index contributed by atoms with van der Waals surface area (Å²) in [5.74, 6) is 2.38. The van der Waals surface area contributed by atoms with Crippen molar-refractivity contribution >= 4 is 27.4 Å². The van der Waals surface area contributed by atoms with Crippen LogP contribution in [0.25, 0.3) is 21.5 Å². The standard InChI is InChI=1S/C21H20N4OS/c1-13(15-5-4-6-17(9-15)26-3)23-21-11-19(24-14(2)25-21)16-7-8-18-20(10-16)27-12-22-18/h4-13H,1-3H3,(H,23,24,25). The third-order valence-corrected chi connectivity index (χ3v) is 5.21. The Bertz CT molecular complexity index is 1090. The van der Waals surface area contributed by atoms with E-state index in [1.54, 1.807) is 18.4 Å². The Morgan fingerprint density at radius 3 is 2.81 bits per heavy atom. The molecule has 0 radical (unpaired) electrons. The molecule has 27 heavy (non-hydrogen) atoms. The number of hydrogen-bond donors (Lipinski definition) is 1. The third-order valence-electron chi connectivity index (χ3n) is 4.42. The molecule has 1 atom stereocenters. The van der Waals surface area contributed by atoms with Gasteiger partial charge in [-0.05, 0) is 43.7 Å². The number of rotatable bonds is 5. The van der Waals surface area contributed by atoms with Crippen LogP contribution in [0.3, 0.4) is 0 Å². The number of aromatic nitrogens is 3. The van der Waals surface area contributed by atoms with Gasteiger partial charge in [-0.25, -0.2) is 15.0 Å². The number of methoxy groups -OCH3 is 1. The molecule has 5 nitrogen and oxygen atoms in total. The van der Waals surface area contributed by atoms with Gasteiger partial charge in [-0.3, -0.25) is 0 Å². The number of nitrogens with one attached hydrogen (secondary N) is 1. The van der Waals surface area contributed by atoms with Crippen molar-refractivity contribution in [2.75, 3.05) is 12.4 Å². The van der Waals surface area contributed by atoms with Gasteiger partial charge in [0.2, 0.25) is 0 Å². The third kappa shape index (κ3) is 3.75. The van der Waals surface area contributed by atoms with E-state index in [-0.39, 0.29) is 6.04 Å². The quantitative estimate of drug-likeness (QED) is 0.516. The fourth-order valence-corrected chi connectivity index (χ4v) is 3.74. The van der Waals surface area contributed by atoms with Crippen LogP contribution < -0.4 is 10.1 Å². The first-order chi connectivity index (χ1) is 13.1. The van der Waals surface area contributed by atoms with Gasteiger partial charge in [0.05, 0.1) is 34.6 Å². The zero-order valence-corrected chi connectivity index (χ0v) is 16.2. The van der Waals surface area contributed by atoms with Crippen LogP contribution in [-0.2, 0) is 0 Å². The van der Waals surface area contributed by atoms with Crippen molar-refractivity contribution in [2.24, 2.45) is 0 Å². The maximum Gasteiger partial charge on any atom is 0.130 e. The Morgan fingerprint density at radius 2 is 1.96 bits per heavy atom. The predicted molar refractivity (Wildman–Crippen MR) is 110 cm³/mol. The molecule has 1 N–H and O–H groups in total. The minimum atomic E-state index is 0.0891. The van der Waals surface area contributed by atoms with E-state index in [4.69, 9.17) is 4.74 Å². The Morgan fingerprint density at radius 1 is 1.07 bits per heavy atom. The smallest absolute Gasteiger partial charge is 0.130 e. The first kappa shape index (κ1) is 17.4. The average Bonchev–Trinajstić information content (AvgIpc) is 3.15. The highest BCUT2D eigenvalue weighted by atomic mass is 32.1. The molecule has 2 aromatic carbocycles. The number of aryl methyl sites for hydroxylation is 1. The Hall–Kier alpha value is -2.99. The molecule has 0 fully saturated rings. The van der Waals surface area contributed by atoms with Crippen molar-refractivity contribution in [3.63, 3.8) is 0 Å². The second kappa shape index (κ2) is 7.32. The van der Waals surface area contributed by atoms with E-state index in [9.17, 15) is 0 Å². The van der Waals surface area contributed by atoms with Crippen LogP contribution in [0.5, 0.6) is 5.75 Å². The van der Waals surface area contributed by atoms with E-state index in [0.717, 1.165) is 44.4 Å². The molecule has 0 bridgehead atoms. The summed E-state index contributed by atoms with van der Waals surface area (Å²) in [4.78, 5) is 13.5. The number of thiazole rings is 1. The molecule has 0 aliphatic heterocycles. The second-order valence-electron chi connectivity index (χ2n) is 6.36. The predicted octanol–water partition coefficient (Wildman–Crippen LogP) is 5.24. The van der Waals surface area contributed by atoms with Crippen molar-refractivity contribution in [1.29, 1.82) is 0 Å². The Labute approximate surface area is 162 Å². The fraction of sp³-hybridized carbons (Fsp3) is 0.190. The van der Waals surface area contributed by atoms with Gasteiger partial charge in [0.1, 0.15) is 17.4 Å². The van der Waals surface area contributed by atoms with Crippen LogP contribution in [0.15, 0.2) is 54.0 Å². The first-order valence-electron chi connectivity index (χ1n) is 8.72. The van der Waals surface area contributed by atoms with Gasteiger partial charge in [0.25, 0.3) is 0 Å². The molecule has 2 heterocycles. The van der Waals surface area contributed by atoms with Gasteiger partial charge in [-0.2, -0.15) is 0 Å². The van der Waals surface area contributed by atoms with Crippen molar-refractivity contribution in [3.8, 4) is 17.0 Å². The van der Waals surface area contributed by atoms with Crippen LogP contribution in [0.1, 0.15) is 24.4 Å². The first-order valence-corrected chi connectivity index (χ1v) is 9.60. The normalized spacial score (nSPS) is 12.1. The molecule has 0 saturated carbocycles. The minimum Gasteiger partial charge on any atom is -0.497 e. The van der Waals surface area contributed by atoms with Gasteiger partial charge in [0, 0.05) is 11.6 Å². The van der Waals surface area contributed by atoms with Crippen LogP contribution in [0, 0.1) is 6.92 Å². The van der Waals surface area contributed by atoms with Crippen LogP contribution >= 0.6 is 11.3 Å². The average molecular weight is 376 g/mol. The molecular formula is C21H20N4OS. The molecule has 0 saturated heterocycles. The summed E-state index contributed by atoms with van der Waals surface area (Å²) in [6.45, 7) is 4.02. The molecule has 0 aliphatic rings. The summed E-state index contributed by atoms with van der Waals surface area (Å²) in [5.41, 5.74) is 5.98. The molecule has 136 valence electrons. The topological polar surface area (TPSA) is 59.9 Å². The number of fused-ring (bicyclic) bond motifs is 1. The van der Waals surface area contributed by atoms with Gasteiger partial charge >= 0.3 is 0 Å². The molecule has 0 amide bonds. The molecule has 4 aromatic rings. The number of ether oxygens (including phenoxy) is 1. The number of nitrogens with zero attached hydrogens (tertiary/aromatic N) is 3. The van der Waals surface area contributed by atoms with Gasteiger partial charge < -0.3 is 10.1 Å². The van der Waals surface area contributed by atoms with Crippen molar-refractivity contribution < 1.29 is 4.74 Å². The number of anilines is 1. The summed E-state index contributed by atoms with van der Waals surface area (Å²) in [6, 6.07) is 16.3. The monoisotopic (exact) mass is 376 g/mol. The Balaban J connectivity index is 1.63. The van der Waals surface area contributed by atoms with Crippen LogP contribution in [0.2, 0.25) is 0 Å².